The van der Waals surface area contributed by atoms with Crippen LogP contribution in [0, 0.1) is 0 Å². The second-order valence-electron chi connectivity index (χ2n) is 8.11. The predicted octanol–water partition coefficient (Wildman–Crippen LogP) is 2.99. The van der Waals surface area contributed by atoms with Gasteiger partial charge in [-0.05, 0) is 35.4 Å². The maximum absolute atomic E-state index is 11.1. The molecule has 0 bridgehead atoms. The second-order valence-corrected chi connectivity index (χ2v) is 8.11. The molecule has 4 rings (SSSR count). The molecule has 0 aromatic heterocycles. The van der Waals surface area contributed by atoms with Crippen LogP contribution >= 0.6 is 0 Å². The van der Waals surface area contributed by atoms with Crippen molar-refractivity contribution in [3.8, 4) is 11.5 Å². The van der Waals surface area contributed by atoms with E-state index < -0.39 is 12.2 Å². The van der Waals surface area contributed by atoms with Gasteiger partial charge in [-0.25, -0.2) is 9.59 Å². The number of nitrogens with one attached hydrogen (secondary N) is 2. The molecule has 2 saturated heterocycles. The SMILES string of the molecule is CC(C)(c1ccc(OCC2CNC(=O)O2)cc1)c1ccc(OCC2CNC(=O)O2)cc1. The van der Waals surface area contributed by atoms with Crippen molar-refractivity contribution in [2.75, 3.05) is 26.3 Å². The summed E-state index contributed by atoms with van der Waals surface area (Å²) in [5, 5.41) is 5.22. The van der Waals surface area contributed by atoms with Gasteiger partial charge in [0.25, 0.3) is 0 Å². The molecule has 0 radical (unpaired) electrons. The summed E-state index contributed by atoms with van der Waals surface area (Å²) in [6.07, 6.45) is -1.33. The van der Waals surface area contributed by atoms with Crippen LogP contribution in [-0.2, 0) is 14.9 Å². The molecule has 2 aliphatic rings. The van der Waals surface area contributed by atoms with Gasteiger partial charge in [0.15, 0.2) is 12.2 Å². The smallest absolute Gasteiger partial charge is 0.407 e. The highest BCUT2D eigenvalue weighted by Crippen LogP contribution is 2.33. The van der Waals surface area contributed by atoms with Crippen LogP contribution in [0.5, 0.6) is 11.5 Å². The van der Waals surface area contributed by atoms with Crippen LogP contribution in [-0.4, -0.2) is 50.7 Å². The largest absolute Gasteiger partial charge is 0.490 e. The van der Waals surface area contributed by atoms with E-state index >= 15 is 0 Å². The molecule has 2 unspecified atom stereocenters. The Labute approximate surface area is 180 Å². The van der Waals surface area contributed by atoms with Gasteiger partial charge in [0.2, 0.25) is 0 Å². The lowest BCUT2D eigenvalue weighted by Gasteiger charge is -2.26. The first-order valence-electron chi connectivity index (χ1n) is 10.3. The Morgan fingerprint density at radius 1 is 0.774 bits per heavy atom. The van der Waals surface area contributed by atoms with Crippen LogP contribution in [0.1, 0.15) is 25.0 Å². The molecule has 164 valence electrons. The third-order valence-corrected chi connectivity index (χ3v) is 5.52. The van der Waals surface area contributed by atoms with Crippen molar-refractivity contribution in [2.45, 2.75) is 31.5 Å². The molecule has 8 nitrogen and oxygen atoms in total. The lowest BCUT2D eigenvalue weighted by molar-refractivity contribution is 0.104. The lowest BCUT2D eigenvalue weighted by atomic mass is 9.78. The predicted molar refractivity (Wildman–Crippen MR) is 113 cm³/mol. The maximum Gasteiger partial charge on any atom is 0.407 e. The molecule has 0 spiro atoms. The van der Waals surface area contributed by atoms with Crippen LogP contribution in [0.15, 0.2) is 48.5 Å². The van der Waals surface area contributed by atoms with Gasteiger partial charge in [-0.2, -0.15) is 0 Å². The molecule has 2 aromatic carbocycles. The molecule has 0 aliphatic carbocycles. The van der Waals surface area contributed by atoms with E-state index in [-0.39, 0.29) is 17.6 Å². The van der Waals surface area contributed by atoms with Gasteiger partial charge in [0.05, 0.1) is 13.1 Å². The minimum absolute atomic E-state index is 0.215. The van der Waals surface area contributed by atoms with Crippen molar-refractivity contribution in [1.82, 2.24) is 10.6 Å². The molecule has 2 amide bonds. The topological polar surface area (TPSA) is 95.1 Å². The minimum Gasteiger partial charge on any atom is -0.490 e. The van der Waals surface area contributed by atoms with Crippen LogP contribution in [0.3, 0.4) is 0 Å². The number of ether oxygens (including phenoxy) is 4. The number of carbonyl (C=O) groups excluding carboxylic acids is 2. The van der Waals surface area contributed by atoms with Crippen molar-refractivity contribution in [3.05, 3.63) is 59.7 Å². The van der Waals surface area contributed by atoms with E-state index in [4.69, 9.17) is 18.9 Å². The van der Waals surface area contributed by atoms with Gasteiger partial charge < -0.3 is 29.6 Å². The standard InChI is InChI=1S/C23H26N2O6/c1-23(2,15-3-7-17(8-4-15)28-13-19-11-24-21(26)30-19)16-5-9-18(10-6-16)29-14-20-12-25-22(27)31-20/h3-10,19-20H,11-14H2,1-2H3,(H,24,26)(H,25,27). The van der Waals surface area contributed by atoms with E-state index in [1.54, 1.807) is 0 Å². The molecule has 0 saturated carbocycles. The number of carbonyl (C=O) groups is 2. The molecule has 2 heterocycles. The fourth-order valence-electron chi connectivity index (χ4n) is 3.53. The van der Waals surface area contributed by atoms with Gasteiger partial charge in [0.1, 0.15) is 24.7 Å². The van der Waals surface area contributed by atoms with Crippen LogP contribution in [0.4, 0.5) is 9.59 Å². The highest BCUT2D eigenvalue weighted by atomic mass is 16.6. The summed E-state index contributed by atoms with van der Waals surface area (Å²) in [5.74, 6) is 1.46. The number of hydrogen-bond acceptors (Lipinski definition) is 6. The zero-order chi connectivity index (χ0) is 21.8. The van der Waals surface area contributed by atoms with E-state index in [1.807, 2.05) is 48.5 Å². The van der Waals surface area contributed by atoms with Crippen molar-refractivity contribution in [3.63, 3.8) is 0 Å². The molecule has 2 aromatic rings. The average molecular weight is 426 g/mol. The summed E-state index contributed by atoms with van der Waals surface area (Å²) < 4.78 is 21.6. The molecule has 2 fully saturated rings. The second kappa shape index (κ2) is 8.75. The normalized spacial score (nSPS) is 20.5. The third kappa shape index (κ3) is 5.02. The van der Waals surface area contributed by atoms with Crippen LogP contribution in [0.2, 0.25) is 0 Å². The summed E-state index contributed by atoms with van der Waals surface area (Å²) in [6, 6.07) is 15.9. The summed E-state index contributed by atoms with van der Waals surface area (Å²) in [6.45, 7) is 5.88. The molecular formula is C23H26N2O6. The van der Waals surface area contributed by atoms with E-state index in [9.17, 15) is 9.59 Å². The zero-order valence-electron chi connectivity index (χ0n) is 17.6. The first-order chi connectivity index (χ1) is 14.9. The number of benzene rings is 2. The molecule has 2 N–H and O–H groups in total. The highest BCUT2D eigenvalue weighted by molar-refractivity contribution is 5.69. The molecule has 2 atom stereocenters. The number of alkyl carbamates (subject to hydrolysis) is 2. The summed E-state index contributed by atoms with van der Waals surface area (Å²) in [7, 11) is 0. The Morgan fingerprint density at radius 3 is 1.48 bits per heavy atom. The van der Waals surface area contributed by atoms with Gasteiger partial charge in [-0.1, -0.05) is 38.1 Å². The lowest BCUT2D eigenvalue weighted by Crippen LogP contribution is -2.22. The number of hydrogen-bond donors (Lipinski definition) is 2. The van der Waals surface area contributed by atoms with Crippen molar-refractivity contribution < 1.29 is 28.5 Å². The molecule has 31 heavy (non-hydrogen) atoms. The van der Waals surface area contributed by atoms with Gasteiger partial charge in [0, 0.05) is 5.41 Å². The van der Waals surface area contributed by atoms with Crippen LogP contribution in [0.25, 0.3) is 0 Å². The Hall–Kier alpha value is -3.42. The first kappa shape index (κ1) is 20.8. The van der Waals surface area contributed by atoms with Gasteiger partial charge in [-0.15, -0.1) is 0 Å². The van der Waals surface area contributed by atoms with Crippen molar-refractivity contribution >= 4 is 12.2 Å². The molecule has 8 heteroatoms. The third-order valence-electron chi connectivity index (χ3n) is 5.52. The quantitative estimate of drug-likeness (QED) is 0.674. The molecule has 2 aliphatic heterocycles. The average Bonchev–Trinajstić information content (AvgIpc) is 3.39. The van der Waals surface area contributed by atoms with E-state index in [0.29, 0.717) is 26.3 Å². The monoisotopic (exact) mass is 426 g/mol. The van der Waals surface area contributed by atoms with Crippen molar-refractivity contribution in [2.24, 2.45) is 0 Å². The minimum atomic E-state index is -0.402. The molecular weight excluding hydrogens is 400 g/mol. The van der Waals surface area contributed by atoms with Crippen LogP contribution < -0.4 is 20.1 Å². The van der Waals surface area contributed by atoms with Gasteiger partial charge >= 0.3 is 12.2 Å². The maximum atomic E-state index is 11.1. The Morgan fingerprint density at radius 2 is 1.16 bits per heavy atom. The fourth-order valence-corrected chi connectivity index (χ4v) is 3.53. The highest BCUT2D eigenvalue weighted by Gasteiger charge is 2.25. The Balaban J connectivity index is 1.33. The number of rotatable bonds is 8. The van der Waals surface area contributed by atoms with Gasteiger partial charge in [-0.3, -0.25) is 0 Å². The number of amides is 2. The Kier molecular flexibility index (Phi) is 5.88. The Bertz CT molecular complexity index is 851. The van der Waals surface area contributed by atoms with E-state index in [2.05, 4.69) is 24.5 Å². The van der Waals surface area contributed by atoms with Crippen molar-refractivity contribution in [1.29, 1.82) is 0 Å². The zero-order valence-corrected chi connectivity index (χ0v) is 17.6. The summed E-state index contributed by atoms with van der Waals surface area (Å²) in [4.78, 5) is 22.1. The number of cyclic esters (lactones) is 2. The summed E-state index contributed by atoms with van der Waals surface area (Å²) >= 11 is 0. The first-order valence-corrected chi connectivity index (χ1v) is 10.3. The summed E-state index contributed by atoms with van der Waals surface area (Å²) in [5.41, 5.74) is 2.07. The van der Waals surface area contributed by atoms with E-state index in [0.717, 1.165) is 22.6 Å². The fraction of sp³-hybridized carbons (Fsp3) is 0.391. The van der Waals surface area contributed by atoms with E-state index in [1.165, 1.54) is 0 Å².